The largest absolute Gasteiger partial charge is 0.368 e. The van der Waals surface area contributed by atoms with Crippen LogP contribution in [-0.4, -0.2) is 49.3 Å². The maximum Gasteiger partial charge on any atom is 0.328 e. The molecule has 3 aliphatic rings. The van der Waals surface area contributed by atoms with Gasteiger partial charge >= 0.3 is 6.03 Å². The number of hydrogen-bond donors (Lipinski definition) is 2. The van der Waals surface area contributed by atoms with Crippen LogP contribution in [0.2, 0.25) is 0 Å². The number of barbiturate groups is 1. The molecule has 10 heteroatoms. The van der Waals surface area contributed by atoms with E-state index in [2.05, 4.69) is 26.6 Å². The van der Waals surface area contributed by atoms with Gasteiger partial charge in [-0.2, -0.15) is 0 Å². The molecular weight excluding hydrogens is 452 g/mol. The molecule has 0 aromatic heterocycles. The molecule has 1 unspecified atom stereocenters. The minimum Gasteiger partial charge on any atom is -0.368 e. The maximum atomic E-state index is 14.4. The van der Waals surface area contributed by atoms with Crippen molar-refractivity contribution < 1.29 is 27.9 Å². The van der Waals surface area contributed by atoms with E-state index in [4.69, 9.17) is 4.74 Å². The van der Waals surface area contributed by atoms with Crippen LogP contribution in [0.5, 0.6) is 0 Å². The summed E-state index contributed by atoms with van der Waals surface area (Å²) in [4.78, 5) is 39.6. The zero-order valence-electron chi connectivity index (χ0n) is 15.8. The Labute approximate surface area is 174 Å². The van der Waals surface area contributed by atoms with Gasteiger partial charge in [-0.3, -0.25) is 20.2 Å². The fourth-order valence-electron chi connectivity index (χ4n) is 4.64. The number of hydrogen-bond acceptors (Lipinski definition) is 5. The molecule has 2 N–H and O–H groups in total. The highest BCUT2D eigenvalue weighted by molar-refractivity contribution is 9.10. The minimum atomic E-state index is -1.67. The first kappa shape index (κ1) is 20.2. The Kier molecular flexibility index (Phi) is 4.89. The molecule has 7 nitrogen and oxygen atoms in total. The summed E-state index contributed by atoms with van der Waals surface area (Å²) in [6.45, 7) is 2.98. The van der Waals surface area contributed by atoms with Crippen LogP contribution >= 0.6 is 15.9 Å². The van der Waals surface area contributed by atoms with Crippen molar-refractivity contribution in [1.29, 1.82) is 0 Å². The molecule has 0 bridgehead atoms. The van der Waals surface area contributed by atoms with E-state index in [1.54, 1.807) is 4.90 Å². The Bertz CT molecular complexity index is 890. The highest BCUT2D eigenvalue weighted by Crippen LogP contribution is 2.48. The number of carbonyl (C=O) groups is 3. The van der Waals surface area contributed by atoms with Gasteiger partial charge in [0.15, 0.2) is 5.41 Å². The van der Waals surface area contributed by atoms with Gasteiger partial charge in [-0.25, -0.2) is 13.6 Å². The summed E-state index contributed by atoms with van der Waals surface area (Å²) >= 11 is 3.14. The number of imide groups is 2. The van der Waals surface area contributed by atoms with Crippen LogP contribution in [0.15, 0.2) is 16.6 Å². The first-order valence-corrected chi connectivity index (χ1v) is 10.1. The number of urea groups is 1. The second kappa shape index (κ2) is 7.02. The third-order valence-electron chi connectivity index (χ3n) is 5.90. The topological polar surface area (TPSA) is 87.7 Å². The average Bonchev–Trinajstić information content (AvgIpc) is 2.66. The van der Waals surface area contributed by atoms with Gasteiger partial charge in [0.2, 0.25) is 11.8 Å². The van der Waals surface area contributed by atoms with Crippen LogP contribution in [0.4, 0.5) is 19.3 Å². The predicted molar refractivity (Wildman–Crippen MR) is 103 cm³/mol. The van der Waals surface area contributed by atoms with Crippen molar-refractivity contribution in [2.75, 3.05) is 18.1 Å². The summed E-state index contributed by atoms with van der Waals surface area (Å²) in [5.41, 5.74) is -0.628. The van der Waals surface area contributed by atoms with Crippen LogP contribution in [0, 0.1) is 17.2 Å². The van der Waals surface area contributed by atoms with Gasteiger partial charge in [0.05, 0.1) is 16.6 Å². The Hall–Kier alpha value is -2.07. The third kappa shape index (κ3) is 2.95. The lowest BCUT2D eigenvalue weighted by Gasteiger charge is -2.56. The molecule has 29 heavy (non-hydrogen) atoms. The summed E-state index contributed by atoms with van der Waals surface area (Å²) in [5, 5.41) is 4.39. The Morgan fingerprint density at radius 3 is 2.52 bits per heavy atom. The smallest absolute Gasteiger partial charge is 0.328 e. The SMILES string of the molecule is CC(C)C1O[C@H](CF)CN2c3cc(F)c(Br)cc3CC3(C(=O)NC(=O)NC3=O)[C@@H]12. The molecule has 0 saturated carbocycles. The number of benzene rings is 1. The van der Waals surface area contributed by atoms with Crippen molar-refractivity contribution in [3.8, 4) is 0 Å². The summed E-state index contributed by atoms with van der Waals surface area (Å²) in [6.07, 6.45) is -1.51. The number of carbonyl (C=O) groups excluding carboxylic acids is 3. The summed E-state index contributed by atoms with van der Waals surface area (Å²) in [5.74, 6) is -2.15. The predicted octanol–water partition coefficient (Wildman–Crippen LogP) is 2.06. The Morgan fingerprint density at radius 1 is 1.28 bits per heavy atom. The number of anilines is 1. The number of nitrogens with one attached hydrogen (secondary N) is 2. The van der Waals surface area contributed by atoms with Gasteiger partial charge in [-0.05, 0) is 46.0 Å². The normalized spacial score (nSPS) is 28.1. The fourth-order valence-corrected chi connectivity index (χ4v) is 5.03. The Morgan fingerprint density at radius 2 is 1.93 bits per heavy atom. The Balaban J connectivity index is 1.95. The molecule has 1 aromatic carbocycles. The summed E-state index contributed by atoms with van der Waals surface area (Å²) < 4.78 is 34.1. The molecule has 0 radical (unpaired) electrons. The second-order valence-corrected chi connectivity index (χ2v) is 8.85. The molecule has 1 aromatic rings. The van der Waals surface area contributed by atoms with E-state index in [0.717, 1.165) is 0 Å². The third-order valence-corrected chi connectivity index (χ3v) is 6.50. The lowest BCUT2D eigenvalue weighted by atomic mass is 9.65. The lowest BCUT2D eigenvalue weighted by molar-refractivity contribution is -0.158. The number of amides is 4. The molecule has 3 atom stereocenters. The number of halogens is 3. The van der Waals surface area contributed by atoms with E-state index < -0.39 is 54.0 Å². The molecule has 0 aliphatic carbocycles. The number of rotatable bonds is 2. The van der Waals surface area contributed by atoms with E-state index in [-0.39, 0.29) is 23.4 Å². The number of morpholine rings is 1. The van der Waals surface area contributed by atoms with Crippen molar-refractivity contribution >= 4 is 39.5 Å². The van der Waals surface area contributed by atoms with Gasteiger partial charge in [0.25, 0.3) is 0 Å². The van der Waals surface area contributed by atoms with Crippen LogP contribution in [0.3, 0.4) is 0 Å². The first-order valence-electron chi connectivity index (χ1n) is 9.32. The average molecular weight is 472 g/mol. The quantitative estimate of drug-likeness (QED) is 0.644. The van der Waals surface area contributed by atoms with Crippen molar-refractivity contribution in [2.45, 2.75) is 38.5 Å². The molecule has 3 aliphatic heterocycles. The first-order chi connectivity index (χ1) is 13.7. The van der Waals surface area contributed by atoms with Gasteiger partial charge in [0, 0.05) is 12.2 Å². The van der Waals surface area contributed by atoms with Crippen molar-refractivity contribution in [3.63, 3.8) is 0 Å². The van der Waals surface area contributed by atoms with E-state index in [9.17, 15) is 23.2 Å². The molecular formula is C19H20BrF2N3O4. The standard InChI is InChI=1S/C19H20BrF2N3O4/c1-8(2)14-15-19(16(26)23-18(28)24-17(19)27)5-9-3-11(20)12(22)4-13(9)25(15)7-10(6-21)29-14/h3-4,8,10,14-15H,5-7H2,1-2H3,(H2,23,24,26,27,28)/t10-,14?,15-/m1/s1. The number of fused-ring (bicyclic) bond motifs is 4. The van der Waals surface area contributed by atoms with E-state index in [1.165, 1.54) is 12.1 Å². The van der Waals surface area contributed by atoms with E-state index in [1.807, 2.05) is 13.8 Å². The van der Waals surface area contributed by atoms with Crippen LogP contribution < -0.4 is 15.5 Å². The van der Waals surface area contributed by atoms with Gasteiger partial charge in [-0.15, -0.1) is 0 Å². The summed E-state index contributed by atoms with van der Waals surface area (Å²) in [7, 11) is 0. The minimum absolute atomic E-state index is 0.0415. The molecule has 2 fully saturated rings. The van der Waals surface area contributed by atoms with Crippen molar-refractivity contribution in [2.24, 2.45) is 11.3 Å². The zero-order chi connectivity index (χ0) is 21.1. The molecule has 156 valence electrons. The molecule has 1 spiro atoms. The van der Waals surface area contributed by atoms with Crippen LogP contribution in [0.25, 0.3) is 0 Å². The molecule has 4 amide bonds. The van der Waals surface area contributed by atoms with Crippen LogP contribution in [0.1, 0.15) is 19.4 Å². The lowest BCUT2D eigenvalue weighted by Crippen LogP contribution is -2.76. The van der Waals surface area contributed by atoms with E-state index in [0.29, 0.717) is 11.3 Å². The second-order valence-electron chi connectivity index (χ2n) is 8.00. The van der Waals surface area contributed by atoms with Gasteiger partial charge in [-0.1, -0.05) is 13.8 Å². The number of ether oxygens (including phenoxy) is 1. The van der Waals surface area contributed by atoms with Crippen molar-refractivity contribution in [1.82, 2.24) is 10.6 Å². The highest BCUT2D eigenvalue weighted by Gasteiger charge is 2.64. The fraction of sp³-hybridized carbons (Fsp3) is 0.526. The highest BCUT2D eigenvalue weighted by atomic mass is 79.9. The molecule has 2 saturated heterocycles. The van der Waals surface area contributed by atoms with Crippen molar-refractivity contribution in [3.05, 3.63) is 28.0 Å². The zero-order valence-corrected chi connectivity index (χ0v) is 17.4. The maximum absolute atomic E-state index is 14.4. The van der Waals surface area contributed by atoms with E-state index >= 15 is 0 Å². The van der Waals surface area contributed by atoms with Gasteiger partial charge < -0.3 is 9.64 Å². The number of nitrogens with zero attached hydrogens (tertiary/aromatic N) is 1. The molecule has 4 rings (SSSR count). The number of alkyl halides is 1. The monoisotopic (exact) mass is 471 g/mol. The van der Waals surface area contributed by atoms with Gasteiger partial charge in [0.1, 0.15) is 18.6 Å². The molecule has 3 heterocycles. The van der Waals surface area contributed by atoms with Crippen LogP contribution in [-0.2, 0) is 20.7 Å². The summed E-state index contributed by atoms with van der Waals surface area (Å²) in [6, 6.07) is 1.12.